The van der Waals surface area contributed by atoms with Crippen LogP contribution in [-0.2, 0) is 4.79 Å². The molecule has 0 spiro atoms. The van der Waals surface area contributed by atoms with Crippen LogP contribution < -0.4 is 14.8 Å². The van der Waals surface area contributed by atoms with E-state index in [0.29, 0.717) is 18.9 Å². The number of carbonyl (C=O) groups excluding carboxylic acids is 1. The minimum absolute atomic E-state index is 0.0414. The molecule has 1 N–H and O–H groups in total. The molecule has 0 fully saturated rings. The second kappa shape index (κ2) is 8.34. The molecule has 0 saturated carbocycles. The topological polar surface area (TPSA) is 47.6 Å². The zero-order chi connectivity index (χ0) is 17.5. The van der Waals surface area contributed by atoms with Crippen LogP contribution in [-0.4, -0.2) is 25.7 Å². The van der Waals surface area contributed by atoms with Gasteiger partial charge in [-0.2, -0.15) is 0 Å². The number of nitrogens with one attached hydrogen (secondary N) is 1. The molecule has 0 unspecified atom stereocenters. The van der Waals surface area contributed by atoms with Crippen molar-refractivity contribution < 1.29 is 18.7 Å². The average molecular weight is 331 g/mol. The Morgan fingerprint density at radius 1 is 1.08 bits per heavy atom. The average Bonchev–Trinajstić information content (AvgIpc) is 2.55. The first-order chi connectivity index (χ1) is 11.5. The minimum atomic E-state index is -0.311. The number of ether oxygens (including phenoxy) is 2. The van der Waals surface area contributed by atoms with Gasteiger partial charge >= 0.3 is 0 Å². The van der Waals surface area contributed by atoms with Gasteiger partial charge in [-0.3, -0.25) is 4.79 Å². The van der Waals surface area contributed by atoms with Gasteiger partial charge in [-0.15, -0.1) is 0 Å². The third-order valence-electron chi connectivity index (χ3n) is 3.63. The Bertz CT molecular complexity index is 699. The van der Waals surface area contributed by atoms with Crippen molar-refractivity contribution in [1.82, 2.24) is 5.32 Å². The number of aryl methyl sites for hydroxylation is 2. The molecular formula is C19H22FNO3. The zero-order valence-electron chi connectivity index (χ0n) is 14.2. The van der Waals surface area contributed by atoms with Gasteiger partial charge < -0.3 is 14.8 Å². The van der Waals surface area contributed by atoms with E-state index >= 15 is 0 Å². The molecule has 0 aromatic heterocycles. The summed E-state index contributed by atoms with van der Waals surface area (Å²) in [5, 5.41) is 2.72. The van der Waals surface area contributed by atoms with E-state index in [0.717, 1.165) is 22.4 Å². The summed E-state index contributed by atoms with van der Waals surface area (Å²) in [5.74, 6) is 0.767. The lowest BCUT2D eigenvalue weighted by atomic mass is 10.1. The Balaban J connectivity index is 1.71. The summed E-state index contributed by atoms with van der Waals surface area (Å²) in [4.78, 5) is 11.8. The molecule has 128 valence electrons. The van der Waals surface area contributed by atoms with Crippen molar-refractivity contribution in [3.8, 4) is 11.5 Å². The van der Waals surface area contributed by atoms with Gasteiger partial charge in [0, 0.05) is 0 Å². The molecule has 0 aliphatic carbocycles. The number of hydrogen-bond donors (Lipinski definition) is 1. The van der Waals surface area contributed by atoms with Crippen molar-refractivity contribution in [2.24, 2.45) is 0 Å². The molecule has 0 saturated heterocycles. The molecule has 1 amide bonds. The van der Waals surface area contributed by atoms with Gasteiger partial charge in [0.15, 0.2) is 6.61 Å². The fourth-order valence-electron chi connectivity index (χ4n) is 2.24. The molecule has 2 aromatic carbocycles. The first-order valence-corrected chi connectivity index (χ1v) is 7.81. The highest BCUT2D eigenvalue weighted by atomic mass is 19.1. The molecule has 24 heavy (non-hydrogen) atoms. The summed E-state index contributed by atoms with van der Waals surface area (Å²) >= 11 is 0. The molecule has 0 atom stereocenters. The second-order valence-corrected chi connectivity index (χ2v) is 5.65. The maximum absolute atomic E-state index is 12.8. The molecule has 4 nitrogen and oxygen atoms in total. The number of benzene rings is 2. The summed E-state index contributed by atoms with van der Waals surface area (Å²) in [6, 6.07) is 9.75. The molecule has 2 rings (SSSR count). The van der Waals surface area contributed by atoms with Crippen LogP contribution in [0.2, 0.25) is 0 Å². The van der Waals surface area contributed by atoms with E-state index in [-0.39, 0.29) is 18.3 Å². The summed E-state index contributed by atoms with van der Waals surface area (Å²) in [6.07, 6.45) is 0. The maximum atomic E-state index is 12.8. The van der Waals surface area contributed by atoms with Gasteiger partial charge in [0.1, 0.15) is 23.9 Å². The van der Waals surface area contributed by atoms with E-state index in [1.807, 2.05) is 26.8 Å². The van der Waals surface area contributed by atoms with E-state index < -0.39 is 0 Å². The van der Waals surface area contributed by atoms with Crippen molar-refractivity contribution in [1.29, 1.82) is 0 Å². The van der Waals surface area contributed by atoms with Crippen LogP contribution in [0.25, 0.3) is 0 Å². The fourth-order valence-corrected chi connectivity index (χ4v) is 2.24. The summed E-state index contributed by atoms with van der Waals surface area (Å²) in [7, 11) is 0. The molecule has 0 heterocycles. The predicted octanol–water partition coefficient (Wildman–Crippen LogP) is 3.32. The third kappa shape index (κ3) is 5.26. The van der Waals surface area contributed by atoms with E-state index in [9.17, 15) is 9.18 Å². The highest BCUT2D eigenvalue weighted by Gasteiger charge is 2.07. The first kappa shape index (κ1) is 17.8. The highest BCUT2D eigenvalue weighted by Crippen LogP contribution is 2.23. The third-order valence-corrected chi connectivity index (χ3v) is 3.63. The number of amides is 1. The second-order valence-electron chi connectivity index (χ2n) is 5.65. The standard InChI is InChI=1S/C19H22FNO3/c1-13-10-14(2)15(3)18(11-13)24-12-19(22)21-8-9-23-17-6-4-16(20)5-7-17/h4-7,10-11H,8-9,12H2,1-3H3,(H,21,22). The lowest BCUT2D eigenvalue weighted by Crippen LogP contribution is -2.32. The number of hydrogen-bond acceptors (Lipinski definition) is 3. The largest absolute Gasteiger partial charge is 0.492 e. The first-order valence-electron chi connectivity index (χ1n) is 7.81. The van der Waals surface area contributed by atoms with Crippen LogP contribution in [0.5, 0.6) is 11.5 Å². The lowest BCUT2D eigenvalue weighted by molar-refractivity contribution is -0.123. The SMILES string of the molecule is Cc1cc(C)c(C)c(OCC(=O)NCCOc2ccc(F)cc2)c1. The Morgan fingerprint density at radius 3 is 2.50 bits per heavy atom. The van der Waals surface area contributed by atoms with Crippen LogP contribution in [0.15, 0.2) is 36.4 Å². The molecule has 2 aromatic rings. The molecule has 0 aliphatic heterocycles. The number of rotatable bonds is 7. The number of halogens is 1. The predicted molar refractivity (Wildman–Crippen MR) is 91.1 cm³/mol. The Kier molecular flexibility index (Phi) is 6.18. The normalized spacial score (nSPS) is 10.3. The minimum Gasteiger partial charge on any atom is -0.492 e. The maximum Gasteiger partial charge on any atom is 0.258 e. The Labute approximate surface area is 141 Å². The van der Waals surface area contributed by atoms with Crippen molar-refractivity contribution in [3.05, 3.63) is 58.9 Å². The van der Waals surface area contributed by atoms with Gasteiger partial charge in [-0.25, -0.2) is 4.39 Å². The monoisotopic (exact) mass is 331 g/mol. The van der Waals surface area contributed by atoms with Crippen molar-refractivity contribution in [3.63, 3.8) is 0 Å². The quantitative estimate of drug-likeness (QED) is 0.792. The van der Waals surface area contributed by atoms with Crippen LogP contribution in [0.4, 0.5) is 4.39 Å². The number of carbonyl (C=O) groups is 1. The zero-order valence-corrected chi connectivity index (χ0v) is 14.2. The Morgan fingerprint density at radius 2 is 1.79 bits per heavy atom. The molecule has 5 heteroatoms. The summed E-state index contributed by atoms with van der Waals surface area (Å²) < 4.78 is 23.8. The van der Waals surface area contributed by atoms with Crippen LogP contribution >= 0.6 is 0 Å². The van der Waals surface area contributed by atoms with Gasteiger partial charge in [0.25, 0.3) is 5.91 Å². The molecule has 0 radical (unpaired) electrons. The van der Waals surface area contributed by atoms with Crippen molar-refractivity contribution >= 4 is 5.91 Å². The smallest absolute Gasteiger partial charge is 0.258 e. The van der Waals surface area contributed by atoms with Gasteiger partial charge in [-0.05, 0) is 67.8 Å². The van der Waals surface area contributed by atoms with E-state index in [1.165, 1.54) is 12.1 Å². The van der Waals surface area contributed by atoms with Gasteiger partial charge in [0.2, 0.25) is 0 Å². The molecule has 0 aliphatic rings. The highest BCUT2D eigenvalue weighted by molar-refractivity contribution is 5.77. The van der Waals surface area contributed by atoms with Crippen molar-refractivity contribution in [2.75, 3.05) is 19.8 Å². The van der Waals surface area contributed by atoms with Gasteiger partial charge in [0.05, 0.1) is 6.54 Å². The van der Waals surface area contributed by atoms with E-state index in [2.05, 4.69) is 11.4 Å². The van der Waals surface area contributed by atoms with Crippen LogP contribution in [0.3, 0.4) is 0 Å². The molecule has 0 bridgehead atoms. The summed E-state index contributed by atoms with van der Waals surface area (Å²) in [5.41, 5.74) is 3.27. The van der Waals surface area contributed by atoms with E-state index in [4.69, 9.17) is 9.47 Å². The molecular weight excluding hydrogens is 309 g/mol. The lowest BCUT2D eigenvalue weighted by Gasteiger charge is -2.12. The van der Waals surface area contributed by atoms with Crippen LogP contribution in [0, 0.1) is 26.6 Å². The van der Waals surface area contributed by atoms with Crippen molar-refractivity contribution in [2.45, 2.75) is 20.8 Å². The van der Waals surface area contributed by atoms with E-state index in [1.54, 1.807) is 12.1 Å². The Hall–Kier alpha value is -2.56. The fraction of sp³-hybridized carbons (Fsp3) is 0.316. The van der Waals surface area contributed by atoms with Gasteiger partial charge in [-0.1, -0.05) is 6.07 Å². The summed E-state index contributed by atoms with van der Waals surface area (Å²) in [6.45, 7) is 6.60. The van der Waals surface area contributed by atoms with Crippen LogP contribution in [0.1, 0.15) is 16.7 Å².